The van der Waals surface area contributed by atoms with Crippen LogP contribution in [0, 0.1) is 0 Å². The van der Waals surface area contributed by atoms with Crippen molar-refractivity contribution in [2.45, 2.75) is 4.90 Å². The van der Waals surface area contributed by atoms with Crippen molar-refractivity contribution < 1.29 is 21.6 Å². The Balaban J connectivity index is 2.83. The van der Waals surface area contributed by atoms with Gasteiger partial charge in [-0.1, -0.05) is 6.07 Å². The second-order valence-electron chi connectivity index (χ2n) is 3.57. The van der Waals surface area contributed by atoms with Crippen LogP contribution in [0.5, 0.6) is 0 Å². The highest BCUT2D eigenvalue weighted by atomic mass is 32.2. The van der Waals surface area contributed by atoms with Crippen molar-refractivity contribution in [2.75, 3.05) is 25.0 Å². The summed E-state index contributed by atoms with van der Waals surface area (Å²) in [6.07, 6.45) is 0. The second-order valence-corrected chi connectivity index (χ2v) is 6.63. The number of hydrogen-bond donors (Lipinski definition) is 3. The van der Waals surface area contributed by atoms with Crippen LogP contribution in [0.15, 0.2) is 29.2 Å². The highest BCUT2D eigenvalue weighted by molar-refractivity contribution is 7.90. The highest BCUT2D eigenvalue weighted by Crippen LogP contribution is 2.14. The lowest BCUT2D eigenvalue weighted by molar-refractivity contribution is 0.204. The third kappa shape index (κ3) is 5.53. The van der Waals surface area contributed by atoms with Gasteiger partial charge in [0, 0.05) is 13.7 Å². The number of rotatable bonds is 7. The molecule has 0 atom stereocenters. The fourth-order valence-electron chi connectivity index (χ4n) is 1.21. The SMILES string of the molecule is COCCNS(=O)(=O)Nc1cccc(S(N)(=O)=O)c1. The number of sulfonamides is 1. The van der Waals surface area contributed by atoms with Crippen molar-refractivity contribution in [3.8, 4) is 0 Å². The molecule has 1 rings (SSSR count). The maximum atomic E-state index is 11.6. The van der Waals surface area contributed by atoms with E-state index in [2.05, 4.69) is 9.44 Å². The van der Waals surface area contributed by atoms with Crippen molar-refractivity contribution in [2.24, 2.45) is 5.14 Å². The van der Waals surface area contributed by atoms with E-state index in [1.165, 1.54) is 25.3 Å². The Morgan fingerprint density at radius 2 is 1.95 bits per heavy atom. The van der Waals surface area contributed by atoms with Crippen LogP contribution in [0.4, 0.5) is 5.69 Å². The standard InChI is InChI=1S/C9H15N3O5S2/c1-17-6-5-11-19(15,16)12-8-3-2-4-9(7-8)18(10,13)14/h2-4,7,11-12H,5-6H2,1H3,(H2,10,13,14). The van der Waals surface area contributed by atoms with Gasteiger partial charge in [0.25, 0.3) is 10.2 Å². The molecule has 0 aliphatic heterocycles. The molecule has 0 spiro atoms. The minimum atomic E-state index is -3.88. The van der Waals surface area contributed by atoms with Gasteiger partial charge in [-0.25, -0.2) is 13.6 Å². The van der Waals surface area contributed by atoms with Crippen LogP contribution in [0.25, 0.3) is 0 Å². The van der Waals surface area contributed by atoms with E-state index < -0.39 is 20.2 Å². The van der Waals surface area contributed by atoms with Gasteiger partial charge in [-0.15, -0.1) is 0 Å². The van der Waals surface area contributed by atoms with Crippen LogP contribution < -0.4 is 14.6 Å². The van der Waals surface area contributed by atoms with Crippen LogP contribution >= 0.6 is 0 Å². The number of nitrogens with two attached hydrogens (primary N) is 1. The zero-order chi connectivity index (χ0) is 14.5. The van der Waals surface area contributed by atoms with Crippen molar-refractivity contribution in [1.29, 1.82) is 0 Å². The summed E-state index contributed by atoms with van der Waals surface area (Å²) < 4.78 is 54.5. The molecule has 108 valence electrons. The fourth-order valence-corrected chi connectivity index (χ4v) is 2.63. The van der Waals surface area contributed by atoms with Crippen LogP contribution in [0.1, 0.15) is 0 Å². The normalized spacial score (nSPS) is 12.3. The van der Waals surface area contributed by atoms with Gasteiger partial charge < -0.3 is 4.74 Å². The summed E-state index contributed by atoms with van der Waals surface area (Å²) >= 11 is 0. The Morgan fingerprint density at radius 1 is 1.26 bits per heavy atom. The molecule has 0 aliphatic rings. The van der Waals surface area contributed by atoms with Gasteiger partial charge in [-0.3, -0.25) is 4.72 Å². The zero-order valence-electron chi connectivity index (χ0n) is 10.2. The lowest BCUT2D eigenvalue weighted by Crippen LogP contribution is -2.32. The smallest absolute Gasteiger partial charge is 0.299 e. The number of anilines is 1. The van der Waals surface area contributed by atoms with Crippen molar-refractivity contribution in [1.82, 2.24) is 4.72 Å². The largest absolute Gasteiger partial charge is 0.383 e. The quantitative estimate of drug-likeness (QED) is 0.570. The van der Waals surface area contributed by atoms with E-state index in [4.69, 9.17) is 9.88 Å². The molecule has 0 saturated heterocycles. The third-order valence-electron chi connectivity index (χ3n) is 2.01. The molecule has 4 N–H and O–H groups in total. The molecule has 1 aromatic rings. The minimum Gasteiger partial charge on any atom is -0.383 e. The number of hydrogen-bond acceptors (Lipinski definition) is 5. The summed E-state index contributed by atoms with van der Waals surface area (Å²) in [5.74, 6) is 0. The zero-order valence-corrected chi connectivity index (χ0v) is 11.8. The van der Waals surface area contributed by atoms with E-state index in [0.29, 0.717) is 0 Å². The van der Waals surface area contributed by atoms with Gasteiger partial charge in [0.15, 0.2) is 0 Å². The molecule has 0 aliphatic carbocycles. The summed E-state index contributed by atoms with van der Waals surface area (Å²) in [5, 5.41) is 4.95. The monoisotopic (exact) mass is 309 g/mol. The molecular weight excluding hydrogens is 294 g/mol. The van der Waals surface area contributed by atoms with Crippen LogP contribution in [0.2, 0.25) is 0 Å². The first-order valence-corrected chi connectivity index (χ1v) is 8.17. The summed E-state index contributed by atoms with van der Waals surface area (Å²) in [7, 11) is -6.22. The van der Waals surface area contributed by atoms with Gasteiger partial charge in [0.05, 0.1) is 17.2 Å². The van der Waals surface area contributed by atoms with E-state index >= 15 is 0 Å². The summed E-state index contributed by atoms with van der Waals surface area (Å²) in [6.45, 7) is 0.318. The lowest BCUT2D eigenvalue weighted by atomic mass is 10.3. The Hall–Kier alpha value is -1.20. The number of benzene rings is 1. The summed E-state index contributed by atoms with van der Waals surface area (Å²) in [5.41, 5.74) is 0.0939. The topological polar surface area (TPSA) is 128 Å². The predicted molar refractivity (Wildman–Crippen MR) is 70.2 cm³/mol. The molecule has 0 fully saturated rings. The Morgan fingerprint density at radius 3 is 2.53 bits per heavy atom. The average molecular weight is 309 g/mol. The predicted octanol–water partition coefficient (Wildman–Crippen LogP) is -0.773. The van der Waals surface area contributed by atoms with Gasteiger partial charge in [0.1, 0.15) is 0 Å². The Labute approximate surface area is 112 Å². The Kier molecular flexibility index (Phi) is 5.26. The molecule has 1 aromatic carbocycles. The van der Waals surface area contributed by atoms with Gasteiger partial charge >= 0.3 is 0 Å². The molecule has 0 radical (unpaired) electrons. The number of primary sulfonamides is 1. The van der Waals surface area contributed by atoms with Gasteiger partial charge in [-0.05, 0) is 18.2 Å². The lowest BCUT2D eigenvalue weighted by Gasteiger charge is -2.09. The third-order valence-corrected chi connectivity index (χ3v) is 4.01. The molecule has 0 amide bonds. The number of ether oxygens (including phenoxy) is 1. The first-order valence-electron chi connectivity index (χ1n) is 5.14. The van der Waals surface area contributed by atoms with Crippen LogP contribution in [-0.2, 0) is 25.0 Å². The summed E-state index contributed by atoms with van der Waals surface area (Å²) in [4.78, 5) is -0.176. The highest BCUT2D eigenvalue weighted by Gasteiger charge is 2.12. The van der Waals surface area contributed by atoms with E-state index in [-0.39, 0.29) is 23.7 Å². The first kappa shape index (κ1) is 15.9. The fraction of sp³-hybridized carbons (Fsp3) is 0.333. The van der Waals surface area contributed by atoms with Gasteiger partial charge in [-0.2, -0.15) is 13.1 Å². The summed E-state index contributed by atoms with van der Waals surface area (Å²) in [6, 6.07) is 5.19. The molecule has 10 heteroatoms. The van der Waals surface area contributed by atoms with Crippen molar-refractivity contribution in [3.63, 3.8) is 0 Å². The van der Waals surface area contributed by atoms with E-state index in [0.717, 1.165) is 6.07 Å². The minimum absolute atomic E-state index is 0.0939. The van der Waals surface area contributed by atoms with Crippen LogP contribution in [0.3, 0.4) is 0 Å². The first-order chi connectivity index (χ1) is 8.74. The van der Waals surface area contributed by atoms with Crippen LogP contribution in [-0.4, -0.2) is 37.1 Å². The molecule has 0 bridgehead atoms. The molecule has 0 heterocycles. The van der Waals surface area contributed by atoms with E-state index in [1.807, 2.05) is 0 Å². The maximum Gasteiger partial charge on any atom is 0.299 e. The molecular formula is C9H15N3O5S2. The second kappa shape index (κ2) is 6.30. The molecule has 0 unspecified atom stereocenters. The van der Waals surface area contributed by atoms with E-state index in [1.54, 1.807) is 0 Å². The number of nitrogens with one attached hydrogen (secondary N) is 2. The van der Waals surface area contributed by atoms with Crippen molar-refractivity contribution in [3.05, 3.63) is 24.3 Å². The maximum absolute atomic E-state index is 11.6. The average Bonchev–Trinajstić information content (AvgIpc) is 2.27. The molecule has 19 heavy (non-hydrogen) atoms. The van der Waals surface area contributed by atoms with Gasteiger partial charge in [0.2, 0.25) is 10.0 Å². The Bertz CT molecular complexity index is 627. The number of methoxy groups -OCH3 is 1. The molecule has 0 aromatic heterocycles. The van der Waals surface area contributed by atoms with Crippen molar-refractivity contribution >= 4 is 25.9 Å². The van der Waals surface area contributed by atoms with E-state index in [9.17, 15) is 16.8 Å². The molecule has 0 saturated carbocycles. The molecule has 8 nitrogen and oxygen atoms in total.